The van der Waals surface area contributed by atoms with E-state index < -0.39 is 11.9 Å². The summed E-state index contributed by atoms with van der Waals surface area (Å²) >= 11 is 0. The molecule has 0 aromatic rings. The van der Waals surface area contributed by atoms with Crippen molar-refractivity contribution < 1.29 is 41.0 Å². The summed E-state index contributed by atoms with van der Waals surface area (Å²) in [5.74, 6) is -2.42. The normalized spacial score (nSPS) is 6.53. The van der Waals surface area contributed by atoms with Crippen molar-refractivity contribution in [3.8, 4) is 0 Å². The Morgan fingerprint density at radius 2 is 1.07 bits per heavy atom. The first kappa shape index (κ1) is 29.4. The van der Waals surface area contributed by atoms with Crippen LogP contribution in [0.4, 0.5) is 0 Å². The molecule has 0 radical (unpaired) electrons. The van der Waals surface area contributed by atoms with Gasteiger partial charge in [-0.2, -0.15) is 0 Å². The van der Waals surface area contributed by atoms with Crippen molar-refractivity contribution in [1.82, 2.24) is 0 Å². The Bertz CT molecular complexity index is 123. The van der Waals surface area contributed by atoms with Gasteiger partial charge in [-0.1, -0.05) is 0 Å². The van der Waals surface area contributed by atoms with Gasteiger partial charge in [0, 0.05) is 38.0 Å². The zero-order chi connectivity index (χ0) is 9.98. The van der Waals surface area contributed by atoms with Crippen LogP contribution in [0.3, 0.4) is 0 Å². The second kappa shape index (κ2) is 23.7. The molecular weight excluding hydrogens is 240 g/mol. The molecule has 15 heavy (non-hydrogen) atoms. The van der Waals surface area contributed by atoms with Crippen molar-refractivity contribution >= 4 is 49.7 Å². The van der Waals surface area contributed by atoms with Gasteiger partial charge in [0.25, 0.3) is 0 Å². The summed E-state index contributed by atoms with van der Waals surface area (Å²) in [5, 5.41) is 34.3. The number of carboxylic acid groups (broad SMARTS) is 2. The molecule has 0 bridgehead atoms. The summed E-state index contributed by atoms with van der Waals surface area (Å²) in [6.07, 6.45) is -0.528. The van der Waals surface area contributed by atoms with Gasteiger partial charge in [-0.15, -0.1) is 0 Å². The molecule has 0 spiro atoms. The van der Waals surface area contributed by atoms with Gasteiger partial charge in [-0.05, 0) is 0 Å². The van der Waals surface area contributed by atoms with E-state index in [1.807, 2.05) is 0 Å². The number of aliphatic carboxylic acids is 2. The Labute approximate surface area is 116 Å². The van der Waals surface area contributed by atoms with Gasteiger partial charge in [-0.25, -0.2) is 0 Å². The zero-order valence-corrected chi connectivity index (χ0v) is 10.3. The van der Waals surface area contributed by atoms with E-state index in [-0.39, 0.29) is 74.7 Å². The average molecular weight is 254 g/mol. The molecular formula is C6H14CaO8. The number of aliphatic hydroxyl groups is 2. The second-order valence-corrected chi connectivity index (χ2v) is 1.69. The number of rotatable bonds is 4. The van der Waals surface area contributed by atoms with Gasteiger partial charge >= 0.3 is 37.7 Å². The molecule has 0 rings (SSSR count). The number of hydrogen-bond acceptors (Lipinski definition) is 6. The van der Waals surface area contributed by atoms with Crippen molar-refractivity contribution in [3.63, 3.8) is 0 Å². The minimum absolute atomic E-state index is 0. The fourth-order valence-corrected chi connectivity index (χ4v) is 0.183. The minimum atomic E-state index is -1.21. The Morgan fingerprint density at radius 1 is 0.867 bits per heavy atom. The number of carbonyl (C=O) groups is 2. The first-order valence-corrected chi connectivity index (χ1v) is 3.16. The molecule has 88 valence electrons. The molecule has 0 aliphatic heterocycles. The van der Waals surface area contributed by atoms with E-state index in [1.54, 1.807) is 0 Å². The van der Waals surface area contributed by atoms with Crippen molar-refractivity contribution in [2.75, 3.05) is 13.2 Å². The summed E-state index contributed by atoms with van der Waals surface area (Å²) in [5.41, 5.74) is 0. The Morgan fingerprint density at radius 3 is 1.07 bits per heavy atom. The Balaban J connectivity index is -0.0000000370. The number of aliphatic hydroxyl groups excluding tert-OH is 2. The zero-order valence-electron chi connectivity index (χ0n) is 8.06. The standard InChI is InChI=1S/2C3H6O3.Ca.2H2O/c2*4-2-1-3(5)6;;;/h2*4H,1-2H2,(H,5,6);;2*1H2/q;;+2;;/p-2. The Kier molecular flexibility index (Phi) is 46.4. The van der Waals surface area contributed by atoms with Gasteiger partial charge in [-0.3, -0.25) is 0 Å². The minimum Gasteiger partial charge on any atom is -0.550 e. The van der Waals surface area contributed by atoms with E-state index in [0.717, 1.165) is 0 Å². The maximum Gasteiger partial charge on any atom is 2.00 e. The van der Waals surface area contributed by atoms with Crippen LogP contribution in [-0.2, 0) is 9.59 Å². The monoisotopic (exact) mass is 254 g/mol. The topological polar surface area (TPSA) is 184 Å². The molecule has 0 aliphatic carbocycles. The molecule has 0 unspecified atom stereocenters. The van der Waals surface area contributed by atoms with Crippen LogP contribution in [0, 0.1) is 0 Å². The molecule has 9 heteroatoms. The van der Waals surface area contributed by atoms with Crippen LogP contribution in [0.5, 0.6) is 0 Å². The molecule has 0 amide bonds. The molecule has 0 aliphatic rings. The third kappa shape index (κ3) is 55.8. The van der Waals surface area contributed by atoms with E-state index >= 15 is 0 Å². The predicted octanol–water partition coefficient (Wildman–Crippen LogP) is -5.79. The van der Waals surface area contributed by atoms with Gasteiger partial charge in [0.1, 0.15) is 0 Å². The van der Waals surface area contributed by atoms with Crippen LogP contribution in [0.2, 0.25) is 0 Å². The van der Waals surface area contributed by atoms with E-state index in [9.17, 15) is 19.8 Å². The van der Waals surface area contributed by atoms with Crippen LogP contribution in [0.15, 0.2) is 0 Å². The molecule has 6 N–H and O–H groups in total. The molecule has 0 aromatic carbocycles. The molecule has 0 fully saturated rings. The molecule has 0 aromatic heterocycles. The summed E-state index contributed by atoms with van der Waals surface area (Å²) in [4.78, 5) is 18.7. The largest absolute Gasteiger partial charge is 2.00 e. The first-order valence-electron chi connectivity index (χ1n) is 3.16. The summed E-state index contributed by atoms with van der Waals surface area (Å²) in [6, 6.07) is 0. The van der Waals surface area contributed by atoms with E-state index in [4.69, 9.17) is 10.2 Å². The van der Waals surface area contributed by atoms with Crippen LogP contribution >= 0.6 is 0 Å². The first-order chi connectivity index (χ1) is 5.54. The molecule has 0 heterocycles. The van der Waals surface area contributed by atoms with Gasteiger partial charge in [0.05, 0.1) is 0 Å². The van der Waals surface area contributed by atoms with Gasteiger partial charge in [0.2, 0.25) is 0 Å². The van der Waals surface area contributed by atoms with E-state index in [0.29, 0.717) is 0 Å². The SMILES string of the molecule is O.O.O=C([O-])CCO.O=C([O-])CCO.[Ca+2]. The van der Waals surface area contributed by atoms with E-state index in [1.165, 1.54) is 0 Å². The number of hydrogen-bond donors (Lipinski definition) is 2. The van der Waals surface area contributed by atoms with Crippen molar-refractivity contribution in [1.29, 1.82) is 0 Å². The molecule has 0 saturated carbocycles. The molecule has 0 saturated heterocycles. The third-order valence-electron chi connectivity index (χ3n) is 0.632. The summed E-state index contributed by atoms with van der Waals surface area (Å²) in [7, 11) is 0. The van der Waals surface area contributed by atoms with Crippen molar-refractivity contribution in [2.24, 2.45) is 0 Å². The number of carboxylic acids is 2. The number of carbonyl (C=O) groups excluding carboxylic acids is 2. The second-order valence-electron chi connectivity index (χ2n) is 1.69. The predicted molar refractivity (Wildman–Crippen MR) is 46.4 cm³/mol. The van der Waals surface area contributed by atoms with Gasteiger partial charge < -0.3 is 41.0 Å². The average Bonchev–Trinajstić information content (AvgIpc) is 1.87. The maximum atomic E-state index is 9.33. The summed E-state index contributed by atoms with van der Waals surface area (Å²) in [6.45, 7) is -0.662. The quantitative estimate of drug-likeness (QED) is 0.470. The third-order valence-corrected chi connectivity index (χ3v) is 0.632. The van der Waals surface area contributed by atoms with Crippen molar-refractivity contribution in [3.05, 3.63) is 0 Å². The van der Waals surface area contributed by atoms with Crippen LogP contribution in [0.1, 0.15) is 12.8 Å². The fourth-order valence-electron chi connectivity index (χ4n) is 0.183. The van der Waals surface area contributed by atoms with Gasteiger partial charge in [0.15, 0.2) is 0 Å². The van der Waals surface area contributed by atoms with Crippen LogP contribution < -0.4 is 10.2 Å². The summed E-state index contributed by atoms with van der Waals surface area (Å²) < 4.78 is 0. The molecule has 0 atom stereocenters. The fraction of sp³-hybridized carbons (Fsp3) is 0.667. The van der Waals surface area contributed by atoms with Crippen LogP contribution in [0.25, 0.3) is 0 Å². The maximum absolute atomic E-state index is 9.33. The van der Waals surface area contributed by atoms with Crippen LogP contribution in [-0.4, -0.2) is 84.1 Å². The molecule has 8 nitrogen and oxygen atoms in total. The smallest absolute Gasteiger partial charge is 0.550 e. The Hall–Kier alpha value is 0.0397. The van der Waals surface area contributed by atoms with E-state index in [2.05, 4.69) is 0 Å². The van der Waals surface area contributed by atoms with Crippen molar-refractivity contribution in [2.45, 2.75) is 12.8 Å².